The molecule has 102 valence electrons. The van der Waals surface area contributed by atoms with Crippen LogP contribution in [0.25, 0.3) is 0 Å². The number of amides is 3. The van der Waals surface area contributed by atoms with E-state index in [0.717, 1.165) is 25.7 Å². The molecule has 1 saturated heterocycles. The fourth-order valence-electron chi connectivity index (χ4n) is 1.83. The first-order valence-corrected chi connectivity index (χ1v) is 6.45. The minimum Gasteiger partial charge on any atom is -0.348 e. The number of hydrogen-bond donors (Lipinski definition) is 1. The summed E-state index contributed by atoms with van der Waals surface area (Å²) < 4.78 is 0. The lowest BCUT2D eigenvalue weighted by Crippen LogP contribution is -2.52. The Morgan fingerprint density at radius 2 is 1.83 bits per heavy atom. The molecule has 1 N–H and O–H groups in total. The molecule has 0 aromatic heterocycles. The monoisotopic (exact) mass is 255 g/mol. The lowest BCUT2D eigenvalue weighted by Gasteiger charge is -2.31. The van der Waals surface area contributed by atoms with Gasteiger partial charge in [0.05, 0.1) is 0 Å². The summed E-state index contributed by atoms with van der Waals surface area (Å²) >= 11 is 0. The molecule has 6 heteroatoms. The van der Waals surface area contributed by atoms with E-state index in [1.54, 1.807) is 4.90 Å². The molecule has 1 aliphatic heterocycles. The maximum Gasteiger partial charge on any atom is 0.312 e. The van der Waals surface area contributed by atoms with Crippen LogP contribution in [0.3, 0.4) is 0 Å². The molecular weight excluding hydrogens is 234 g/mol. The van der Waals surface area contributed by atoms with Gasteiger partial charge in [-0.25, -0.2) is 0 Å². The number of nitrogens with zero attached hydrogens (tertiary/aromatic N) is 2. The van der Waals surface area contributed by atoms with Crippen molar-refractivity contribution < 1.29 is 14.4 Å². The molecule has 0 spiro atoms. The zero-order chi connectivity index (χ0) is 13.4. The number of carbonyl (C=O) groups excluding carboxylic acids is 3. The lowest BCUT2D eigenvalue weighted by molar-refractivity contribution is -0.147. The van der Waals surface area contributed by atoms with Crippen molar-refractivity contribution in [3.8, 4) is 0 Å². The van der Waals surface area contributed by atoms with Crippen molar-refractivity contribution in [1.29, 1.82) is 0 Å². The van der Waals surface area contributed by atoms with Gasteiger partial charge >= 0.3 is 11.8 Å². The van der Waals surface area contributed by atoms with Crippen LogP contribution in [0, 0.1) is 0 Å². The van der Waals surface area contributed by atoms with E-state index < -0.39 is 11.8 Å². The second-order valence-corrected chi connectivity index (χ2v) is 4.40. The van der Waals surface area contributed by atoms with Crippen molar-refractivity contribution in [2.45, 2.75) is 26.2 Å². The van der Waals surface area contributed by atoms with Crippen LogP contribution in [-0.4, -0.2) is 60.7 Å². The summed E-state index contributed by atoms with van der Waals surface area (Å²) in [6.07, 6.45) is 3.80. The summed E-state index contributed by atoms with van der Waals surface area (Å²) in [5.41, 5.74) is 0. The summed E-state index contributed by atoms with van der Waals surface area (Å²) in [6.45, 7) is 4.49. The second-order valence-electron chi connectivity index (χ2n) is 4.40. The fraction of sp³-hybridized carbons (Fsp3) is 0.750. The number of nitrogens with one attached hydrogen (secondary N) is 1. The predicted molar refractivity (Wildman–Crippen MR) is 66.8 cm³/mol. The van der Waals surface area contributed by atoms with Gasteiger partial charge in [0.25, 0.3) is 0 Å². The standard InChI is InChI=1S/C12H21N3O3/c1-2-3-4-5-13-11(17)12(18)15-8-6-14(10-16)7-9-15/h10H,2-9H2,1H3,(H,13,17). The smallest absolute Gasteiger partial charge is 0.312 e. The molecule has 3 amide bonds. The van der Waals surface area contributed by atoms with Gasteiger partial charge in [-0.3, -0.25) is 14.4 Å². The second kappa shape index (κ2) is 7.68. The molecule has 1 rings (SSSR count). The molecule has 0 bridgehead atoms. The van der Waals surface area contributed by atoms with Crippen LogP contribution < -0.4 is 5.32 Å². The Bertz CT molecular complexity index is 299. The van der Waals surface area contributed by atoms with Crippen molar-refractivity contribution in [3.05, 3.63) is 0 Å². The highest BCUT2D eigenvalue weighted by Gasteiger charge is 2.24. The largest absolute Gasteiger partial charge is 0.348 e. The van der Waals surface area contributed by atoms with Crippen LogP contribution in [0.1, 0.15) is 26.2 Å². The van der Waals surface area contributed by atoms with Crippen LogP contribution in [0.2, 0.25) is 0 Å². The van der Waals surface area contributed by atoms with E-state index in [1.165, 1.54) is 4.90 Å². The average Bonchev–Trinajstić information content (AvgIpc) is 2.42. The highest BCUT2D eigenvalue weighted by molar-refractivity contribution is 6.35. The highest BCUT2D eigenvalue weighted by atomic mass is 16.2. The van der Waals surface area contributed by atoms with Crippen molar-refractivity contribution in [3.63, 3.8) is 0 Å². The van der Waals surface area contributed by atoms with E-state index >= 15 is 0 Å². The summed E-state index contributed by atoms with van der Waals surface area (Å²) in [5, 5.41) is 2.63. The number of carbonyl (C=O) groups is 3. The maximum absolute atomic E-state index is 11.8. The number of hydrogen-bond acceptors (Lipinski definition) is 3. The minimum absolute atomic E-state index is 0.431. The van der Waals surface area contributed by atoms with Crippen molar-refractivity contribution in [1.82, 2.24) is 15.1 Å². The van der Waals surface area contributed by atoms with Crippen LogP contribution >= 0.6 is 0 Å². The van der Waals surface area contributed by atoms with Gasteiger partial charge in [-0.2, -0.15) is 0 Å². The van der Waals surface area contributed by atoms with E-state index in [0.29, 0.717) is 32.7 Å². The van der Waals surface area contributed by atoms with Crippen molar-refractivity contribution >= 4 is 18.2 Å². The molecule has 1 fully saturated rings. The minimum atomic E-state index is -0.536. The Balaban J connectivity index is 2.27. The maximum atomic E-state index is 11.8. The van der Waals surface area contributed by atoms with Crippen LogP contribution in [-0.2, 0) is 14.4 Å². The van der Waals surface area contributed by atoms with Gasteiger partial charge in [-0.15, -0.1) is 0 Å². The summed E-state index contributed by atoms with van der Waals surface area (Å²) in [4.78, 5) is 36.9. The topological polar surface area (TPSA) is 69.7 Å². The Kier molecular flexibility index (Phi) is 6.18. The van der Waals surface area contributed by atoms with E-state index in [-0.39, 0.29) is 0 Å². The average molecular weight is 255 g/mol. The molecule has 0 saturated carbocycles. The van der Waals surface area contributed by atoms with Crippen LogP contribution in [0.15, 0.2) is 0 Å². The molecule has 0 radical (unpaired) electrons. The van der Waals surface area contributed by atoms with E-state index in [1.807, 2.05) is 0 Å². The normalized spacial score (nSPS) is 15.4. The van der Waals surface area contributed by atoms with Crippen molar-refractivity contribution in [2.75, 3.05) is 32.7 Å². The van der Waals surface area contributed by atoms with E-state index in [9.17, 15) is 14.4 Å². The Hall–Kier alpha value is -1.59. The first-order chi connectivity index (χ1) is 8.69. The Morgan fingerprint density at radius 1 is 1.17 bits per heavy atom. The highest BCUT2D eigenvalue weighted by Crippen LogP contribution is 2.00. The van der Waals surface area contributed by atoms with Gasteiger partial charge in [0.2, 0.25) is 6.41 Å². The third-order valence-electron chi connectivity index (χ3n) is 3.01. The SMILES string of the molecule is CCCCCNC(=O)C(=O)N1CCN(C=O)CC1. The molecule has 18 heavy (non-hydrogen) atoms. The zero-order valence-electron chi connectivity index (χ0n) is 10.9. The molecule has 1 heterocycles. The Labute approximate surface area is 107 Å². The third kappa shape index (κ3) is 4.35. The summed E-state index contributed by atoms with van der Waals surface area (Å²) in [5.74, 6) is -1.03. The molecular formula is C12H21N3O3. The van der Waals surface area contributed by atoms with E-state index in [2.05, 4.69) is 12.2 Å². The molecule has 0 aromatic rings. The third-order valence-corrected chi connectivity index (χ3v) is 3.01. The predicted octanol–water partition coefficient (Wildman–Crippen LogP) is -0.407. The van der Waals surface area contributed by atoms with Gasteiger partial charge in [-0.1, -0.05) is 19.8 Å². The zero-order valence-corrected chi connectivity index (χ0v) is 10.9. The number of rotatable bonds is 5. The summed E-state index contributed by atoms with van der Waals surface area (Å²) in [6, 6.07) is 0. The fourth-order valence-corrected chi connectivity index (χ4v) is 1.83. The quantitative estimate of drug-likeness (QED) is 0.412. The first kappa shape index (κ1) is 14.5. The molecule has 0 aromatic carbocycles. The van der Waals surface area contributed by atoms with Gasteiger partial charge in [-0.05, 0) is 6.42 Å². The number of unbranched alkanes of at least 4 members (excludes halogenated alkanes) is 2. The molecule has 0 atom stereocenters. The number of piperazine rings is 1. The van der Waals surface area contributed by atoms with Crippen LogP contribution in [0.5, 0.6) is 0 Å². The molecule has 0 unspecified atom stereocenters. The van der Waals surface area contributed by atoms with Gasteiger partial charge < -0.3 is 15.1 Å². The first-order valence-electron chi connectivity index (χ1n) is 6.45. The van der Waals surface area contributed by atoms with Crippen LogP contribution in [0.4, 0.5) is 0 Å². The van der Waals surface area contributed by atoms with Crippen molar-refractivity contribution in [2.24, 2.45) is 0 Å². The molecule has 1 aliphatic rings. The lowest BCUT2D eigenvalue weighted by atomic mass is 10.2. The Morgan fingerprint density at radius 3 is 2.39 bits per heavy atom. The van der Waals surface area contributed by atoms with Gasteiger partial charge in [0.1, 0.15) is 0 Å². The molecule has 0 aliphatic carbocycles. The van der Waals surface area contributed by atoms with Gasteiger partial charge in [0.15, 0.2) is 0 Å². The van der Waals surface area contributed by atoms with E-state index in [4.69, 9.17) is 0 Å². The molecule has 6 nitrogen and oxygen atoms in total. The summed E-state index contributed by atoms with van der Waals surface area (Å²) in [7, 11) is 0. The van der Waals surface area contributed by atoms with Gasteiger partial charge in [0, 0.05) is 32.7 Å².